The second-order valence-electron chi connectivity index (χ2n) is 5.75. The maximum absolute atomic E-state index is 11.9. The molecule has 3 fully saturated rings. The van der Waals surface area contributed by atoms with Gasteiger partial charge in [-0.25, -0.2) is 0 Å². The van der Waals surface area contributed by atoms with Crippen LogP contribution in [0.25, 0.3) is 0 Å². The number of aliphatic carboxylic acids is 1. The number of carbonyl (C=O) groups is 2. The number of rotatable bonds is 3. The van der Waals surface area contributed by atoms with E-state index in [1.54, 1.807) is 11.8 Å². The minimum absolute atomic E-state index is 0.0455. The van der Waals surface area contributed by atoms with Gasteiger partial charge in [-0.15, -0.1) is 11.8 Å². The van der Waals surface area contributed by atoms with Gasteiger partial charge in [-0.2, -0.15) is 0 Å². The summed E-state index contributed by atoms with van der Waals surface area (Å²) >= 11 is 1.66. The quantitative estimate of drug-likeness (QED) is 0.863. The molecule has 1 aliphatic heterocycles. The zero-order chi connectivity index (χ0) is 13.9. The van der Waals surface area contributed by atoms with Crippen LogP contribution in [0.15, 0.2) is 35.2 Å². The van der Waals surface area contributed by atoms with Crippen LogP contribution in [0.3, 0.4) is 0 Å². The van der Waals surface area contributed by atoms with Gasteiger partial charge in [0.1, 0.15) is 6.10 Å². The molecule has 1 aromatic rings. The monoisotopic (exact) mass is 290 g/mol. The summed E-state index contributed by atoms with van der Waals surface area (Å²) in [6.45, 7) is 0. The van der Waals surface area contributed by atoms with E-state index in [0.717, 1.165) is 11.3 Å². The van der Waals surface area contributed by atoms with Crippen molar-refractivity contribution in [3.63, 3.8) is 0 Å². The van der Waals surface area contributed by atoms with Crippen LogP contribution in [-0.4, -0.2) is 28.4 Å². The summed E-state index contributed by atoms with van der Waals surface area (Å²) in [5.74, 6) is -1.97. The first-order chi connectivity index (χ1) is 9.66. The van der Waals surface area contributed by atoms with Crippen LogP contribution in [0.2, 0.25) is 0 Å². The molecule has 0 amide bonds. The Bertz CT molecular complexity index is 572. The van der Waals surface area contributed by atoms with Gasteiger partial charge in [0.05, 0.1) is 17.1 Å². The number of carbonyl (C=O) groups excluding carboxylic acids is 1. The SMILES string of the molecule is O=C(O)[C@@H]1[C@H]2C[C@@H]3[C@@H](OC(=O)[C@@H]31)[C@@H]2Sc1ccccc1. The molecule has 1 aromatic carbocycles. The lowest BCUT2D eigenvalue weighted by Crippen LogP contribution is -2.39. The molecule has 2 saturated carbocycles. The lowest BCUT2D eigenvalue weighted by molar-refractivity contribution is -0.151. The Kier molecular flexibility index (Phi) is 2.61. The van der Waals surface area contributed by atoms with E-state index in [2.05, 4.69) is 0 Å². The number of hydrogen-bond donors (Lipinski definition) is 1. The van der Waals surface area contributed by atoms with Crippen molar-refractivity contribution in [3.8, 4) is 0 Å². The van der Waals surface area contributed by atoms with Crippen molar-refractivity contribution < 1.29 is 19.4 Å². The second kappa shape index (κ2) is 4.25. The van der Waals surface area contributed by atoms with E-state index in [4.69, 9.17) is 4.74 Å². The normalized spacial score (nSPS) is 40.9. The first-order valence-electron chi connectivity index (χ1n) is 6.82. The average Bonchev–Trinajstić information content (AvgIpc) is 3.03. The fraction of sp³-hybridized carbons (Fsp3) is 0.467. The van der Waals surface area contributed by atoms with Crippen LogP contribution < -0.4 is 0 Å². The van der Waals surface area contributed by atoms with Gasteiger partial charge >= 0.3 is 11.9 Å². The van der Waals surface area contributed by atoms with Gasteiger partial charge in [0.2, 0.25) is 0 Å². The zero-order valence-electron chi connectivity index (χ0n) is 10.6. The standard InChI is InChI=1S/C15H14O4S/c16-14(17)10-9-6-8-11(10)15(18)19-12(8)13(9)20-7-4-2-1-3-5-7/h1-5,8-13H,6H2,(H,16,17)/t8-,9+,10+,11-,12+,13+/m0/s1. The lowest BCUT2D eigenvalue weighted by Gasteiger charge is -2.29. The van der Waals surface area contributed by atoms with Crippen molar-refractivity contribution in [1.29, 1.82) is 0 Å². The predicted octanol–water partition coefficient (Wildman–Crippen LogP) is 2.04. The molecule has 0 spiro atoms. The predicted molar refractivity (Wildman–Crippen MR) is 72.2 cm³/mol. The third-order valence-electron chi connectivity index (χ3n) is 4.85. The van der Waals surface area contributed by atoms with Crippen LogP contribution in [0, 0.1) is 23.7 Å². The summed E-state index contributed by atoms with van der Waals surface area (Å²) in [6, 6.07) is 9.92. The molecule has 2 aliphatic carbocycles. The molecule has 0 radical (unpaired) electrons. The largest absolute Gasteiger partial charge is 0.481 e. The number of ether oxygens (including phenoxy) is 1. The first-order valence-corrected chi connectivity index (χ1v) is 7.70. The lowest BCUT2D eigenvalue weighted by atomic mass is 9.80. The van der Waals surface area contributed by atoms with E-state index < -0.39 is 17.8 Å². The van der Waals surface area contributed by atoms with Gasteiger partial charge < -0.3 is 9.84 Å². The number of hydrogen-bond acceptors (Lipinski definition) is 4. The van der Waals surface area contributed by atoms with Crippen molar-refractivity contribution in [3.05, 3.63) is 30.3 Å². The highest BCUT2D eigenvalue weighted by molar-refractivity contribution is 8.00. The van der Waals surface area contributed by atoms with Gasteiger partial charge in [0.25, 0.3) is 0 Å². The van der Waals surface area contributed by atoms with E-state index in [-0.39, 0.29) is 29.2 Å². The second-order valence-corrected chi connectivity index (χ2v) is 7.00. The molecule has 1 N–H and O–H groups in total. The Morgan fingerprint density at radius 3 is 2.70 bits per heavy atom. The minimum Gasteiger partial charge on any atom is -0.481 e. The maximum Gasteiger partial charge on any atom is 0.310 e. The average molecular weight is 290 g/mol. The molecule has 0 aromatic heterocycles. The fourth-order valence-corrected chi connectivity index (χ4v) is 5.62. The van der Waals surface area contributed by atoms with Crippen LogP contribution in [0.4, 0.5) is 0 Å². The van der Waals surface area contributed by atoms with Crippen molar-refractivity contribution in [2.75, 3.05) is 0 Å². The molecule has 20 heavy (non-hydrogen) atoms. The Morgan fingerprint density at radius 2 is 2.00 bits per heavy atom. The van der Waals surface area contributed by atoms with E-state index in [9.17, 15) is 14.7 Å². The molecule has 0 unspecified atom stereocenters. The number of benzene rings is 1. The highest BCUT2D eigenvalue weighted by Crippen LogP contribution is 2.61. The Morgan fingerprint density at radius 1 is 1.25 bits per heavy atom. The van der Waals surface area contributed by atoms with E-state index in [1.807, 2.05) is 30.3 Å². The van der Waals surface area contributed by atoms with Crippen molar-refractivity contribution in [1.82, 2.24) is 0 Å². The van der Waals surface area contributed by atoms with Gasteiger partial charge in [0, 0.05) is 10.8 Å². The summed E-state index contributed by atoms with van der Waals surface area (Å²) in [5, 5.41) is 9.52. The molecular formula is C15H14O4S. The van der Waals surface area contributed by atoms with Gasteiger partial charge in [-0.05, 0) is 24.5 Å². The topological polar surface area (TPSA) is 63.6 Å². The van der Waals surface area contributed by atoms with Crippen LogP contribution in [0.5, 0.6) is 0 Å². The van der Waals surface area contributed by atoms with E-state index in [0.29, 0.717) is 0 Å². The number of carboxylic acids is 1. The number of carboxylic acid groups (broad SMARTS) is 1. The number of fused-ring (bicyclic) bond motifs is 1. The molecule has 6 atom stereocenters. The number of esters is 1. The summed E-state index contributed by atoms with van der Waals surface area (Å²) in [5.41, 5.74) is 0. The van der Waals surface area contributed by atoms with Gasteiger partial charge in [0.15, 0.2) is 0 Å². The first kappa shape index (κ1) is 12.3. The highest BCUT2D eigenvalue weighted by atomic mass is 32.2. The smallest absolute Gasteiger partial charge is 0.310 e. The van der Waals surface area contributed by atoms with E-state index >= 15 is 0 Å². The molecule has 4 rings (SSSR count). The fourth-order valence-electron chi connectivity index (χ4n) is 4.14. The van der Waals surface area contributed by atoms with Crippen LogP contribution >= 0.6 is 11.8 Å². The molecule has 104 valence electrons. The summed E-state index contributed by atoms with van der Waals surface area (Å²) in [4.78, 5) is 24.5. The molecule has 1 heterocycles. The highest BCUT2D eigenvalue weighted by Gasteiger charge is 2.68. The van der Waals surface area contributed by atoms with Crippen molar-refractivity contribution in [2.24, 2.45) is 23.7 Å². The minimum atomic E-state index is -0.849. The third-order valence-corrected chi connectivity index (χ3v) is 6.28. The molecule has 3 aliphatic rings. The molecule has 1 saturated heterocycles. The Balaban J connectivity index is 1.66. The Labute approximate surface area is 120 Å². The third kappa shape index (κ3) is 1.56. The van der Waals surface area contributed by atoms with Crippen LogP contribution in [-0.2, 0) is 14.3 Å². The molecule has 2 bridgehead atoms. The molecule has 5 heteroatoms. The summed E-state index contributed by atoms with van der Waals surface area (Å²) in [6.07, 6.45) is 0.709. The van der Waals surface area contributed by atoms with E-state index in [1.165, 1.54) is 0 Å². The summed E-state index contributed by atoms with van der Waals surface area (Å²) in [7, 11) is 0. The van der Waals surface area contributed by atoms with Crippen LogP contribution in [0.1, 0.15) is 6.42 Å². The zero-order valence-corrected chi connectivity index (χ0v) is 11.5. The van der Waals surface area contributed by atoms with Crippen molar-refractivity contribution >= 4 is 23.7 Å². The van der Waals surface area contributed by atoms with Crippen molar-refractivity contribution in [2.45, 2.75) is 22.7 Å². The van der Waals surface area contributed by atoms with Gasteiger partial charge in [-0.3, -0.25) is 9.59 Å². The maximum atomic E-state index is 11.9. The molecular weight excluding hydrogens is 276 g/mol. The summed E-state index contributed by atoms with van der Waals surface area (Å²) < 4.78 is 5.48. The van der Waals surface area contributed by atoms with Gasteiger partial charge in [-0.1, -0.05) is 18.2 Å². The number of thioether (sulfide) groups is 1. The molecule has 4 nitrogen and oxygen atoms in total. The Hall–Kier alpha value is -1.49.